The van der Waals surface area contributed by atoms with E-state index in [4.69, 9.17) is 13.9 Å². The predicted octanol–water partition coefficient (Wildman–Crippen LogP) is 3.91. The van der Waals surface area contributed by atoms with Gasteiger partial charge in [-0.3, -0.25) is 19.9 Å². The molecule has 0 saturated carbocycles. The van der Waals surface area contributed by atoms with E-state index >= 15 is 0 Å². The van der Waals surface area contributed by atoms with Crippen molar-refractivity contribution < 1.29 is 28.7 Å². The third-order valence-electron chi connectivity index (χ3n) is 4.05. The first-order chi connectivity index (χ1) is 14.4. The first-order valence-corrected chi connectivity index (χ1v) is 8.55. The zero-order valence-corrected chi connectivity index (χ0v) is 16.0. The van der Waals surface area contributed by atoms with Crippen LogP contribution in [0.4, 0.5) is 17.1 Å². The number of anilines is 1. The van der Waals surface area contributed by atoms with Gasteiger partial charge in [0.25, 0.3) is 11.6 Å². The van der Waals surface area contributed by atoms with Crippen LogP contribution in [0, 0.1) is 10.1 Å². The smallest absolute Gasteiger partial charge is 0.291 e. The third kappa shape index (κ3) is 4.38. The van der Waals surface area contributed by atoms with E-state index in [1.165, 1.54) is 38.8 Å². The summed E-state index contributed by atoms with van der Waals surface area (Å²) >= 11 is 0. The molecule has 10 heteroatoms. The molecule has 0 spiro atoms. The van der Waals surface area contributed by atoms with E-state index in [1.54, 1.807) is 24.3 Å². The lowest BCUT2D eigenvalue weighted by Gasteiger charge is -2.10. The highest BCUT2D eigenvalue weighted by Gasteiger charge is 2.16. The third-order valence-corrected chi connectivity index (χ3v) is 4.05. The number of ether oxygens (including phenoxy) is 2. The molecule has 10 nitrogen and oxygen atoms in total. The van der Waals surface area contributed by atoms with Gasteiger partial charge in [0, 0.05) is 23.9 Å². The molecule has 1 heterocycles. The molecular formula is C20H17N3O7. The highest BCUT2D eigenvalue weighted by Crippen LogP contribution is 2.34. The fourth-order valence-corrected chi connectivity index (χ4v) is 2.57. The number of nitro benzene ring substituents is 1. The summed E-state index contributed by atoms with van der Waals surface area (Å²) in [5.41, 5.74) is 0.681. The Bertz CT molecular complexity index is 1110. The van der Waals surface area contributed by atoms with E-state index in [1.807, 2.05) is 0 Å². The van der Waals surface area contributed by atoms with Crippen molar-refractivity contribution in [3.8, 4) is 17.2 Å². The van der Waals surface area contributed by atoms with Crippen LogP contribution in [0.25, 0.3) is 0 Å². The van der Waals surface area contributed by atoms with Crippen LogP contribution in [-0.4, -0.2) is 36.4 Å². The molecule has 0 saturated heterocycles. The van der Waals surface area contributed by atoms with Gasteiger partial charge in [0.05, 0.1) is 42.8 Å². The number of hydrogen-bond donors (Lipinski definition) is 2. The average molecular weight is 411 g/mol. The Morgan fingerprint density at radius 1 is 1.20 bits per heavy atom. The number of rotatable bonds is 7. The Hall–Kier alpha value is -4.34. The molecular weight excluding hydrogens is 394 g/mol. The van der Waals surface area contributed by atoms with Crippen molar-refractivity contribution in [3.05, 3.63) is 70.2 Å². The molecule has 30 heavy (non-hydrogen) atoms. The second-order valence-corrected chi connectivity index (χ2v) is 5.92. The number of nitrogens with zero attached hydrogens (tertiary/aromatic N) is 2. The number of hydrogen-bond acceptors (Lipinski definition) is 8. The Labute approximate surface area is 170 Å². The number of carbonyl (C=O) groups excluding carboxylic acids is 1. The lowest BCUT2D eigenvalue weighted by Crippen LogP contribution is -2.11. The quantitative estimate of drug-likeness (QED) is 0.342. The van der Waals surface area contributed by atoms with E-state index in [0.717, 1.165) is 6.07 Å². The molecule has 1 amide bonds. The Morgan fingerprint density at radius 3 is 2.60 bits per heavy atom. The second kappa shape index (κ2) is 8.78. The van der Waals surface area contributed by atoms with Gasteiger partial charge >= 0.3 is 0 Å². The summed E-state index contributed by atoms with van der Waals surface area (Å²) in [4.78, 5) is 26.8. The number of phenolic OH excluding ortho intramolecular Hbond substituents is 1. The molecule has 3 rings (SSSR count). The molecule has 0 bridgehead atoms. The Kier molecular flexibility index (Phi) is 5.97. The summed E-state index contributed by atoms with van der Waals surface area (Å²) in [6.45, 7) is 0. The number of furan rings is 1. The van der Waals surface area contributed by atoms with Gasteiger partial charge in [0.1, 0.15) is 5.75 Å². The molecule has 0 aliphatic heterocycles. The molecule has 3 aromatic rings. The summed E-state index contributed by atoms with van der Waals surface area (Å²) in [5, 5.41) is 23.9. The van der Waals surface area contributed by atoms with Gasteiger partial charge in [-0.05, 0) is 24.3 Å². The highest BCUT2D eigenvalue weighted by atomic mass is 16.6. The van der Waals surface area contributed by atoms with Gasteiger partial charge in [0.2, 0.25) is 0 Å². The minimum Gasteiger partial charge on any atom is -0.504 e. The molecule has 0 aliphatic carbocycles. The lowest BCUT2D eigenvalue weighted by molar-refractivity contribution is -0.385. The monoisotopic (exact) mass is 411 g/mol. The number of amides is 1. The van der Waals surface area contributed by atoms with Crippen molar-refractivity contribution in [1.29, 1.82) is 0 Å². The van der Waals surface area contributed by atoms with Crippen molar-refractivity contribution in [1.82, 2.24) is 0 Å². The minimum absolute atomic E-state index is 0.0424. The van der Waals surface area contributed by atoms with Crippen molar-refractivity contribution in [2.24, 2.45) is 4.99 Å². The van der Waals surface area contributed by atoms with Gasteiger partial charge in [-0.1, -0.05) is 0 Å². The van der Waals surface area contributed by atoms with E-state index in [2.05, 4.69) is 10.3 Å². The fraction of sp³-hybridized carbons (Fsp3) is 0.100. The molecule has 0 aliphatic rings. The highest BCUT2D eigenvalue weighted by molar-refractivity contribution is 6.03. The maximum absolute atomic E-state index is 12.1. The standard InChI is InChI=1S/C20H17N3O7/c1-28-17-9-13(5-6-15(17)22-20(25)16-4-3-7-30-16)21-11-12-8-14(23(26)27)10-18(29-2)19(12)24/h3-11,24H,1-2H3,(H,22,25). The van der Waals surface area contributed by atoms with Crippen molar-refractivity contribution in [3.63, 3.8) is 0 Å². The number of aliphatic imine (C=N–C) groups is 1. The number of non-ortho nitro benzene ring substituents is 1. The Morgan fingerprint density at radius 2 is 1.97 bits per heavy atom. The number of methoxy groups -OCH3 is 2. The molecule has 2 aromatic carbocycles. The average Bonchev–Trinajstić information content (AvgIpc) is 3.28. The predicted molar refractivity (Wildman–Crippen MR) is 108 cm³/mol. The normalized spacial score (nSPS) is 10.7. The summed E-state index contributed by atoms with van der Waals surface area (Å²) in [5.74, 6) is -0.275. The number of carbonyl (C=O) groups is 1. The van der Waals surface area contributed by atoms with Crippen molar-refractivity contribution in [2.75, 3.05) is 19.5 Å². The minimum atomic E-state index is -0.598. The molecule has 1 aromatic heterocycles. The number of nitro groups is 1. The van der Waals surface area contributed by atoms with Gasteiger partial charge in [-0.25, -0.2) is 0 Å². The van der Waals surface area contributed by atoms with Crippen LogP contribution < -0.4 is 14.8 Å². The summed E-state index contributed by atoms with van der Waals surface area (Å²) in [6.07, 6.45) is 2.66. The van der Waals surface area contributed by atoms with Crippen LogP contribution >= 0.6 is 0 Å². The maximum atomic E-state index is 12.1. The van der Waals surface area contributed by atoms with Crippen LogP contribution in [-0.2, 0) is 0 Å². The van der Waals surface area contributed by atoms with Crippen molar-refractivity contribution in [2.45, 2.75) is 0 Å². The van der Waals surface area contributed by atoms with Crippen LogP contribution in [0.1, 0.15) is 16.1 Å². The molecule has 154 valence electrons. The summed E-state index contributed by atoms with van der Waals surface area (Å²) in [6, 6.07) is 10.2. The topological polar surface area (TPSA) is 136 Å². The molecule has 0 unspecified atom stereocenters. The van der Waals surface area contributed by atoms with E-state index < -0.39 is 10.8 Å². The lowest BCUT2D eigenvalue weighted by atomic mass is 10.1. The second-order valence-electron chi connectivity index (χ2n) is 5.92. The molecule has 0 atom stereocenters. The number of aromatic hydroxyl groups is 1. The Balaban J connectivity index is 1.87. The van der Waals surface area contributed by atoms with Crippen LogP contribution in [0.3, 0.4) is 0 Å². The van der Waals surface area contributed by atoms with Crippen LogP contribution in [0.2, 0.25) is 0 Å². The summed E-state index contributed by atoms with van der Waals surface area (Å²) in [7, 11) is 2.73. The van der Waals surface area contributed by atoms with Gasteiger partial charge in [-0.2, -0.15) is 0 Å². The fourth-order valence-electron chi connectivity index (χ4n) is 2.57. The SMILES string of the molecule is COc1cc(N=Cc2cc([N+](=O)[O-])cc(OC)c2O)ccc1NC(=O)c1ccco1. The first kappa shape index (κ1) is 20.4. The van der Waals surface area contributed by atoms with E-state index in [-0.39, 0.29) is 28.5 Å². The van der Waals surface area contributed by atoms with Gasteiger partial charge in [-0.15, -0.1) is 0 Å². The first-order valence-electron chi connectivity index (χ1n) is 8.55. The molecule has 0 fully saturated rings. The van der Waals surface area contributed by atoms with Crippen LogP contribution in [0.15, 0.2) is 58.1 Å². The number of phenols is 1. The zero-order valence-electron chi connectivity index (χ0n) is 16.0. The number of benzene rings is 2. The van der Waals surface area contributed by atoms with E-state index in [0.29, 0.717) is 17.1 Å². The summed E-state index contributed by atoms with van der Waals surface area (Å²) < 4.78 is 15.3. The molecule has 2 N–H and O–H groups in total. The van der Waals surface area contributed by atoms with E-state index in [9.17, 15) is 20.0 Å². The zero-order chi connectivity index (χ0) is 21.7. The number of nitrogens with one attached hydrogen (secondary N) is 1. The van der Waals surface area contributed by atoms with Gasteiger partial charge < -0.3 is 24.3 Å². The van der Waals surface area contributed by atoms with Crippen molar-refractivity contribution >= 4 is 29.2 Å². The maximum Gasteiger partial charge on any atom is 0.291 e. The van der Waals surface area contributed by atoms with Crippen LogP contribution in [0.5, 0.6) is 17.2 Å². The molecule has 0 radical (unpaired) electrons. The van der Waals surface area contributed by atoms with Gasteiger partial charge in [0.15, 0.2) is 17.3 Å². The largest absolute Gasteiger partial charge is 0.504 e.